The van der Waals surface area contributed by atoms with Gasteiger partial charge in [0.25, 0.3) is 5.91 Å². The fraction of sp³-hybridized carbons (Fsp3) is 0.278. The molecule has 23 heavy (non-hydrogen) atoms. The van der Waals surface area contributed by atoms with E-state index in [0.29, 0.717) is 30.1 Å². The second-order valence-corrected chi connectivity index (χ2v) is 6.01. The van der Waals surface area contributed by atoms with Gasteiger partial charge in [-0.3, -0.25) is 4.79 Å². The monoisotopic (exact) mass is 310 g/mol. The molecule has 5 nitrogen and oxygen atoms in total. The van der Waals surface area contributed by atoms with Gasteiger partial charge in [0.05, 0.1) is 24.4 Å². The van der Waals surface area contributed by atoms with Gasteiger partial charge in [-0.05, 0) is 23.6 Å². The van der Waals surface area contributed by atoms with Crippen molar-refractivity contribution < 1.29 is 14.6 Å². The van der Waals surface area contributed by atoms with E-state index in [4.69, 9.17) is 4.74 Å². The summed E-state index contributed by atoms with van der Waals surface area (Å²) in [5, 5.41) is 13.3. The highest BCUT2D eigenvalue weighted by Gasteiger charge is 2.34. The number of carbonyl (C=O) groups is 1. The molecule has 0 saturated carbocycles. The molecule has 4 rings (SSSR count). The van der Waals surface area contributed by atoms with Crippen LogP contribution in [0.4, 0.5) is 5.69 Å². The van der Waals surface area contributed by atoms with Gasteiger partial charge in [-0.2, -0.15) is 0 Å². The number of hydrogen-bond acceptors (Lipinski definition) is 4. The molecule has 0 fully saturated rings. The lowest BCUT2D eigenvalue weighted by atomic mass is 9.94. The average molecular weight is 310 g/mol. The van der Waals surface area contributed by atoms with Crippen LogP contribution in [0.25, 0.3) is 0 Å². The first-order valence-corrected chi connectivity index (χ1v) is 7.70. The molecule has 2 aromatic rings. The van der Waals surface area contributed by atoms with Crippen LogP contribution in [0.5, 0.6) is 11.5 Å². The molecular weight excluding hydrogens is 292 g/mol. The smallest absolute Gasteiger partial charge is 0.256 e. The van der Waals surface area contributed by atoms with Crippen molar-refractivity contribution in [3.05, 3.63) is 53.1 Å². The minimum atomic E-state index is -0.0252. The largest absolute Gasteiger partial charge is 0.504 e. The third kappa shape index (κ3) is 2.20. The van der Waals surface area contributed by atoms with E-state index in [-0.39, 0.29) is 17.7 Å². The van der Waals surface area contributed by atoms with E-state index >= 15 is 0 Å². The molecule has 0 aromatic heterocycles. The van der Waals surface area contributed by atoms with E-state index in [1.54, 1.807) is 12.1 Å². The number of phenolic OH excluding ortho intramolecular Hbond substituents is 1. The van der Waals surface area contributed by atoms with Crippen LogP contribution in [0.3, 0.4) is 0 Å². The fourth-order valence-electron chi connectivity index (χ4n) is 3.45. The maximum absolute atomic E-state index is 13.0. The van der Waals surface area contributed by atoms with Crippen LogP contribution in [-0.4, -0.2) is 35.6 Å². The molecule has 1 unspecified atom stereocenters. The van der Waals surface area contributed by atoms with Crippen molar-refractivity contribution in [1.82, 2.24) is 4.90 Å². The van der Waals surface area contributed by atoms with Gasteiger partial charge in [0.2, 0.25) is 0 Å². The minimum absolute atomic E-state index is 0.0252. The van der Waals surface area contributed by atoms with E-state index in [2.05, 4.69) is 17.4 Å². The first-order chi connectivity index (χ1) is 11.2. The van der Waals surface area contributed by atoms with Crippen molar-refractivity contribution in [2.45, 2.75) is 19.0 Å². The van der Waals surface area contributed by atoms with Crippen molar-refractivity contribution in [2.24, 2.45) is 0 Å². The van der Waals surface area contributed by atoms with Gasteiger partial charge in [-0.1, -0.05) is 24.3 Å². The third-order valence-electron chi connectivity index (χ3n) is 4.69. The number of benzene rings is 2. The number of nitrogens with zero attached hydrogens (tertiary/aromatic N) is 1. The Hall–Kier alpha value is -2.69. The Labute approximate surface area is 134 Å². The predicted molar refractivity (Wildman–Crippen MR) is 87.0 cm³/mol. The Morgan fingerprint density at radius 3 is 2.83 bits per heavy atom. The van der Waals surface area contributed by atoms with Crippen LogP contribution >= 0.6 is 0 Å². The lowest BCUT2D eigenvalue weighted by Crippen LogP contribution is -2.45. The van der Waals surface area contributed by atoms with Gasteiger partial charge in [0, 0.05) is 19.2 Å². The van der Waals surface area contributed by atoms with Crippen LogP contribution in [0.15, 0.2) is 36.4 Å². The topological polar surface area (TPSA) is 61.8 Å². The average Bonchev–Trinajstić information content (AvgIpc) is 2.70. The molecule has 0 radical (unpaired) electrons. The summed E-state index contributed by atoms with van der Waals surface area (Å²) < 4.78 is 5.14. The number of carbonyl (C=O) groups excluding carboxylic acids is 1. The molecule has 0 spiro atoms. The summed E-state index contributed by atoms with van der Waals surface area (Å²) >= 11 is 0. The second-order valence-electron chi connectivity index (χ2n) is 6.01. The number of amides is 1. The maximum Gasteiger partial charge on any atom is 0.256 e. The molecule has 0 saturated heterocycles. The number of ether oxygens (including phenoxy) is 1. The highest BCUT2D eigenvalue weighted by Crippen LogP contribution is 2.36. The van der Waals surface area contributed by atoms with Crippen LogP contribution in [0.1, 0.15) is 21.5 Å². The molecule has 0 aliphatic carbocycles. The highest BCUT2D eigenvalue weighted by atomic mass is 16.5. The molecule has 2 heterocycles. The van der Waals surface area contributed by atoms with Gasteiger partial charge < -0.3 is 20.1 Å². The summed E-state index contributed by atoms with van der Waals surface area (Å²) in [5.74, 6) is 0.326. The number of methoxy groups -OCH3 is 1. The van der Waals surface area contributed by atoms with Gasteiger partial charge in [-0.15, -0.1) is 0 Å². The summed E-state index contributed by atoms with van der Waals surface area (Å²) in [6.07, 6.45) is 0.839. The molecule has 1 atom stereocenters. The standard InChI is InChI=1S/C18H18N2O3/c1-23-17-7-14-15(8-16(17)21)19-9-13-6-11-4-2-3-5-12(11)10-20(13)18(14)22/h2-5,7-8,13,19,21H,6,9-10H2,1H3. The molecule has 1 amide bonds. The Bertz CT molecular complexity index is 788. The van der Waals surface area contributed by atoms with E-state index in [0.717, 1.165) is 6.42 Å². The summed E-state index contributed by atoms with van der Waals surface area (Å²) in [6.45, 7) is 1.28. The summed E-state index contributed by atoms with van der Waals surface area (Å²) in [7, 11) is 1.48. The van der Waals surface area contributed by atoms with Crippen LogP contribution in [0, 0.1) is 0 Å². The first-order valence-electron chi connectivity index (χ1n) is 7.70. The minimum Gasteiger partial charge on any atom is -0.504 e. The Morgan fingerprint density at radius 2 is 2.04 bits per heavy atom. The summed E-state index contributed by atoms with van der Waals surface area (Å²) in [6, 6.07) is 11.5. The van der Waals surface area contributed by atoms with Gasteiger partial charge in [0.1, 0.15) is 0 Å². The van der Waals surface area contributed by atoms with Gasteiger partial charge in [-0.25, -0.2) is 0 Å². The zero-order valence-electron chi connectivity index (χ0n) is 12.9. The normalized spacial score (nSPS) is 19.1. The highest BCUT2D eigenvalue weighted by molar-refractivity contribution is 6.01. The molecule has 2 aliphatic heterocycles. The zero-order valence-corrected chi connectivity index (χ0v) is 12.9. The lowest BCUT2D eigenvalue weighted by molar-refractivity contribution is 0.0660. The van der Waals surface area contributed by atoms with Crippen molar-refractivity contribution >= 4 is 11.6 Å². The number of nitrogens with one attached hydrogen (secondary N) is 1. The Morgan fingerprint density at radius 1 is 1.26 bits per heavy atom. The van der Waals surface area contributed by atoms with Crippen molar-refractivity contribution in [3.63, 3.8) is 0 Å². The molecule has 5 heteroatoms. The fourth-order valence-corrected chi connectivity index (χ4v) is 3.45. The van der Waals surface area contributed by atoms with Crippen LogP contribution < -0.4 is 10.1 Å². The number of aromatic hydroxyl groups is 1. The third-order valence-corrected chi connectivity index (χ3v) is 4.69. The molecular formula is C18H18N2O3. The number of phenols is 1. The van der Waals surface area contributed by atoms with E-state index in [1.165, 1.54) is 18.2 Å². The summed E-state index contributed by atoms with van der Waals surface area (Å²) in [5.41, 5.74) is 3.70. The second kappa shape index (κ2) is 5.19. The molecule has 2 N–H and O–H groups in total. The number of anilines is 1. The first kappa shape index (κ1) is 13.9. The quantitative estimate of drug-likeness (QED) is 0.849. The van der Waals surface area contributed by atoms with Gasteiger partial charge >= 0.3 is 0 Å². The maximum atomic E-state index is 13.0. The van der Waals surface area contributed by atoms with E-state index in [1.807, 2.05) is 17.0 Å². The van der Waals surface area contributed by atoms with E-state index in [9.17, 15) is 9.90 Å². The number of fused-ring (bicyclic) bond motifs is 3. The SMILES string of the molecule is COc1cc2c(cc1O)NCC1Cc3ccccc3CN1C2=O. The lowest BCUT2D eigenvalue weighted by Gasteiger charge is -2.35. The Kier molecular flexibility index (Phi) is 3.15. The van der Waals surface area contributed by atoms with Crippen molar-refractivity contribution in [1.29, 1.82) is 0 Å². The molecule has 2 aromatic carbocycles. The molecule has 0 bridgehead atoms. The summed E-state index contributed by atoms with van der Waals surface area (Å²) in [4.78, 5) is 14.9. The molecule has 118 valence electrons. The van der Waals surface area contributed by atoms with Crippen LogP contribution in [-0.2, 0) is 13.0 Å². The van der Waals surface area contributed by atoms with Gasteiger partial charge in [0.15, 0.2) is 11.5 Å². The zero-order chi connectivity index (χ0) is 16.0. The van der Waals surface area contributed by atoms with Crippen LogP contribution in [0.2, 0.25) is 0 Å². The predicted octanol–water partition coefficient (Wildman–Crippen LogP) is 2.39. The number of rotatable bonds is 1. The number of hydrogen-bond donors (Lipinski definition) is 2. The van der Waals surface area contributed by atoms with E-state index < -0.39 is 0 Å². The molecule has 2 aliphatic rings. The van der Waals surface area contributed by atoms with Crippen molar-refractivity contribution in [3.8, 4) is 11.5 Å². The Balaban J connectivity index is 1.76. The van der Waals surface area contributed by atoms with Crippen molar-refractivity contribution in [2.75, 3.05) is 19.0 Å².